The van der Waals surface area contributed by atoms with E-state index in [2.05, 4.69) is 28.4 Å². The van der Waals surface area contributed by atoms with Crippen molar-refractivity contribution in [3.05, 3.63) is 59.8 Å². The van der Waals surface area contributed by atoms with Gasteiger partial charge in [-0.25, -0.2) is 8.78 Å². The van der Waals surface area contributed by atoms with Crippen molar-refractivity contribution in [2.45, 2.75) is 69.9 Å². The van der Waals surface area contributed by atoms with Crippen LogP contribution in [-0.2, 0) is 11.3 Å². The Labute approximate surface area is 245 Å². The monoisotopic (exact) mass is 584 g/mol. The molecular weight excluding hydrogens is 546 g/mol. The van der Waals surface area contributed by atoms with Gasteiger partial charge < -0.3 is 16.4 Å². The van der Waals surface area contributed by atoms with Crippen LogP contribution in [0.25, 0.3) is 10.9 Å². The Morgan fingerprint density at radius 1 is 1.17 bits per heavy atom. The lowest BCUT2D eigenvalue weighted by molar-refractivity contribution is -0.125. The summed E-state index contributed by atoms with van der Waals surface area (Å²) in [5.41, 5.74) is 6.62. The first kappa shape index (κ1) is 32.0. The number of alkyl halides is 2. The first-order valence-corrected chi connectivity index (χ1v) is 14.1. The molecule has 0 bridgehead atoms. The second-order valence-electron chi connectivity index (χ2n) is 11.4. The maximum absolute atomic E-state index is 13.5. The number of para-hydroxylation sites is 1. The molecule has 2 amide bonds. The molecule has 2 aromatic carbocycles. The predicted molar refractivity (Wildman–Crippen MR) is 158 cm³/mol. The fourth-order valence-corrected chi connectivity index (χ4v) is 4.82. The number of aromatic nitrogens is 2. The van der Waals surface area contributed by atoms with Crippen LogP contribution in [-0.4, -0.2) is 46.6 Å². The van der Waals surface area contributed by atoms with E-state index in [1.165, 1.54) is 0 Å². The zero-order chi connectivity index (χ0) is 30.2. The van der Waals surface area contributed by atoms with Crippen molar-refractivity contribution in [3.63, 3.8) is 0 Å². The molecule has 1 fully saturated rings. The highest BCUT2D eigenvalue weighted by molar-refractivity contribution is 7.80. The molecule has 0 saturated heterocycles. The van der Waals surface area contributed by atoms with Crippen molar-refractivity contribution in [1.82, 2.24) is 20.4 Å². The van der Waals surface area contributed by atoms with Crippen LogP contribution < -0.4 is 16.4 Å². The summed E-state index contributed by atoms with van der Waals surface area (Å²) in [6, 6.07) is 15.7. The maximum Gasteiger partial charge on any atom is 0.273 e. The van der Waals surface area contributed by atoms with E-state index in [-0.39, 0.29) is 30.4 Å². The summed E-state index contributed by atoms with van der Waals surface area (Å²) >= 11 is 4.06. The summed E-state index contributed by atoms with van der Waals surface area (Å²) in [7, 11) is 0. The minimum atomic E-state index is -2.58. The quantitative estimate of drug-likeness (QED) is 0.293. The molecule has 1 atom stereocenters. The fourth-order valence-electron chi connectivity index (χ4n) is 4.67. The number of benzene rings is 2. The summed E-state index contributed by atoms with van der Waals surface area (Å²) in [5.74, 6) is -3.25. The van der Waals surface area contributed by atoms with Crippen LogP contribution >= 0.6 is 12.6 Å². The van der Waals surface area contributed by atoms with Gasteiger partial charge in [-0.05, 0) is 54.5 Å². The largest absolute Gasteiger partial charge is 0.353 e. The van der Waals surface area contributed by atoms with Crippen LogP contribution in [0.15, 0.2) is 53.4 Å². The number of nitrogens with one attached hydrogen (secondary N) is 2. The molecule has 8 nitrogen and oxygen atoms in total. The van der Waals surface area contributed by atoms with E-state index in [0.717, 1.165) is 10.4 Å². The van der Waals surface area contributed by atoms with E-state index in [1.807, 2.05) is 51.1 Å². The Kier molecular flexibility index (Phi) is 10.9. The number of rotatable bonds is 7. The molecule has 1 aliphatic rings. The number of hydrogen-bond acceptors (Lipinski definition) is 6. The van der Waals surface area contributed by atoms with Gasteiger partial charge in [-0.15, -0.1) is 12.6 Å². The third kappa shape index (κ3) is 9.00. The van der Waals surface area contributed by atoms with Gasteiger partial charge >= 0.3 is 0 Å². The van der Waals surface area contributed by atoms with Gasteiger partial charge in [0, 0.05) is 42.8 Å². The van der Waals surface area contributed by atoms with Crippen LogP contribution in [0.5, 0.6) is 0 Å². The third-order valence-corrected chi connectivity index (χ3v) is 7.28. The van der Waals surface area contributed by atoms with Gasteiger partial charge in [-0.3, -0.25) is 14.3 Å². The molecule has 4 rings (SSSR count). The molecule has 0 radical (unpaired) electrons. The predicted octanol–water partition coefficient (Wildman–Crippen LogP) is 4.93. The van der Waals surface area contributed by atoms with Gasteiger partial charge in [0.2, 0.25) is 11.8 Å². The number of nitriles is 1. The molecule has 4 N–H and O–H groups in total. The molecular formula is C30H38F2N6O2S. The van der Waals surface area contributed by atoms with Crippen LogP contribution in [0.4, 0.5) is 8.78 Å². The number of halogens is 2. The van der Waals surface area contributed by atoms with Gasteiger partial charge in [-0.1, -0.05) is 39.0 Å². The minimum Gasteiger partial charge on any atom is -0.353 e. The lowest BCUT2D eigenvalue weighted by Gasteiger charge is -2.30. The lowest BCUT2D eigenvalue weighted by atomic mass is 9.86. The molecule has 41 heavy (non-hydrogen) atoms. The molecule has 1 unspecified atom stereocenters. The zero-order valence-electron chi connectivity index (χ0n) is 23.7. The van der Waals surface area contributed by atoms with Gasteiger partial charge in [0.15, 0.2) is 5.69 Å². The Morgan fingerprint density at radius 3 is 2.39 bits per heavy atom. The number of carbonyl (C=O) groups excluding carboxylic acids is 2. The van der Waals surface area contributed by atoms with Crippen LogP contribution in [0, 0.1) is 22.7 Å². The van der Waals surface area contributed by atoms with Gasteiger partial charge in [0.1, 0.15) is 6.04 Å². The van der Waals surface area contributed by atoms with Gasteiger partial charge in [0.05, 0.1) is 17.1 Å². The number of nitrogens with zero attached hydrogens (tertiary/aromatic N) is 3. The van der Waals surface area contributed by atoms with Crippen LogP contribution in [0.2, 0.25) is 0 Å². The lowest BCUT2D eigenvalue weighted by Crippen LogP contribution is -2.54. The Balaban J connectivity index is 0.000000436. The molecule has 1 heterocycles. The van der Waals surface area contributed by atoms with Crippen molar-refractivity contribution in [1.29, 1.82) is 5.26 Å². The summed E-state index contributed by atoms with van der Waals surface area (Å²) in [5, 5.41) is 19.1. The standard InChI is InChI=1S/C23H33F2N5O2.C7H5NS/c1-22(2,3)19(21(32)27-13-12-26)28-20(31)18-16-6-4-5-7-17(16)30(29-18)14-15-8-10-23(24,25)11-9-15;8-5-6-1-3-7(9)4-2-6/h4-7,15,19H,8-14,26H2,1-3H3,(H,27,32)(H,28,31);1-4,9H. The first-order valence-electron chi connectivity index (χ1n) is 13.7. The molecule has 1 saturated carbocycles. The molecule has 1 aromatic heterocycles. The summed E-state index contributed by atoms with van der Waals surface area (Å²) in [6.07, 6.45) is 0.622. The smallest absolute Gasteiger partial charge is 0.273 e. The number of thiol groups is 1. The van der Waals surface area contributed by atoms with E-state index >= 15 is 0 Å². The van der Waals surface area contributed by atoms with Crippen LogP contribution in [0.3, 0.4) is 0 Å². The highest BCUT2D eigenvalue weighted by atomic mass is 32.1. The third-order valence-electron chi connectivity index (χ3n) is 6.98. The highest BCUT2D eigenvalue weighted by Crippen LogP contribution is 2.37. The average molecular weight is 585 g/mol. The number of amides is 2. The maximum atomic E-state index is 13.5. The molecule has 220 valence electrons. The van der Waals surface area contributed by atoms with Crippen molar-refractivity contribution < 1.29 is 18.4 Å². The minimum absolute atomic E-state index is 0.0817. The second-order valence-corrected chi connectivity index (χ2v) is 11.9. The number of fused-ring (bicyclic) bond motifs is 1. The molecule has 0 spiro atoms. The summed E-state index contributed by atoms with van der Waals surface area (Å²) in [6.45, 7) is 6.71. The van der Waals surface area contributed by atoms with Crippen molar-refractivity contribution in [2.75, 3.05) is 13.1 Å². The fraction of sp³-hybridized carbons (Fsp3) is 0.467. The van der Waals surface area contributed by atoms with Crippen molar-refractivity contribution in [3.8, 4) is 6.07 Å². The second kappa shape index (κ2) is 13.9. The summed E-state index contributed by atoms with van der Waals surface area (Å²) in [4.78, 5) is 26.7. The van der Waals surface area contributed by atoms with Gasteiger partial charge in [0.25, 0.3) is 5.91 Å². The highest BCUT2D eigenvalue weighted by Gasteiger charge is 2.36. The number of carbonyl (C=O) groups is 2. The van der Waals surface area contributed by atoms with Crippen molar-refractivity contribution in [2.24, 2.45) is 17.1 Å². The van der Waals surface area contributed by atoms with Crippen LogP contribution in [0.1, 0.15) is 62.5 Å². The molecule has 1 aliphatic carbocycles. The molecule has 11 heteroatoms. The Hall–Kier alpha value is -3.49. The van der Waals surface area contributed by atoms with Gasteiger partial charge in [-0.2, -0.15) is 10.4 Å². The number of hydrogen-bond donors (Lipinski definition) is 4. The number of nitrogens with two attached hydrogens (primary N) is 1. The molecule has 3 aromatic rings. The van der Waals surface area contributed by atoms with E-state index in [0.29, 0.717) is 43.4 Å². The van der Waals surface area contributed by atoms with E-state index < -0.39 is 23.3 Å². The Bertz CT molecular complexity index is 1370. The first-order chi connectivity index (χ1) is 19.3. The topological polar surface area (TPSA) is 126 Å². The van der Waals surface area contributed by atoms with E-state index in [9.17, 15) is 18.4 Å². The normalized spacial score (nSPS) is 15.8. The summed E-state index contributed by atoms with van der Waals surface area (Å²) < 4.78 is 28.8. The SMILES string of the molecule is CC(C)(C)C(NC(=O)c1nn(CC2CCC(F)(F)CC2)c2ccccc12)C(=O)NCCN.N#Cc1ccc(S)cc1. The van der Waals surface area contributed by atoms with E-state index in [1.54, 1.807) is 28.9 Å². The molecule has 0 aliphatic heterocycles. The van der Waals surface area contributed by atoms with E-state index in [4.69, 9.17) is 11.0 Å². The van der Waals surface area contributed by atoms with Crippen molar-refractivity contribution >= 4 is 35.3 Å². The average Bonchev–Trinajstić information content (AvgIpc) is 3.30. The Morgan fingerprint density at radius 2 is 1.80 bits per heavy atom. The zero-order valence-corrected chi connectivity index (χ0v) is 24.6.